The van der Waals surface area contributed by atoms with Crippen molar-refractivity contribution in [2.75, 3.05) is 0 Å². The van der Waals surface area contributed by atoms with E-state index in [1.807, 2.05) is 0 Å². The summed E-state index contributed by atoms with van der Waals surface area (Å²) >= 11 is 5.39. The number of rotatable bonds is 1. The van der Waals surface area contributed by atoms with Gasteiger partial charge in [0.05, 0.1) is 0 Å². The first-order valence-corrected chi connectivity index (χ1v) is 6.36. The van der Waals surface area contributed by atoms with Crippen molar-refractivity contribution in [1.29, 1.82) is 0 Å². The molecule has 4 fully saturated rings. The Kier molecular flexibility index (Phi) is 2.01. The van der Waals surface area contributed by atoms with E-state index >= 15 is 0 Å². The van der Waals surface area contributed by atoms with Crippen molar-refractivity contribution in [3.05, 3.63) is 12.2 Å². The average Bonchev–Trinajstić information content (AvgIpc) is 2.30. The van der Waals surface area contributed by atoms with Gasteiger partial charge in [0.25, 0.3) is 0 Å². The fourth-order valence-electron chi connectivity index (χ4n) is 3.97. The highest BCUT2D eigenvalue weighted by Crippen LogP contribution is 2.57. The molecule has 15 heavy (non-hydrogen) atoms. The molecule has 82 valence electrons. The predicted octanol–water partition coefficient (Wildman–Crippen LogP) is 3.49. The van der Waals surface area contributed by atoms with Crippen molar-refractivity contribution in [2.45, 2.75) is 45.1 Å². The molecule has 0 aromatic carbocycles. The smallest absolute Gasteiger partial charge is 0.163 e. The molecule has 4 rings (SSSR count). The summed E-state index contributed by atoms with van der Waals surface area (Å²) < 4.78 is 5.90. The molecule has 4 unspecified atom stereocenters. The first-order chi connectivity index (χ1) is 7.09. The zero-order valence-electron chi connectivity index (χ0n) is 9.29. The van der Waals surface area contributed by atoms with Crippen LogP contribution in [-0.2, 0) is 4.74 Å². The van der Waals surface area contributed by atoms with E-state index in [4.69, 9.17) is 17.0 Å². The molecular weight excluding hydrogens is 204 g/mol. The van der Waals surface area contributed by atoms with Gasteiger partial charge in [-0.05, 0) is 62.6 Å². The predicted molar refractivity (Wildman–Crippen MR) is 64.8 cm³/mol. The van der Waals surface area contributed by atoms with Crippen molar-refractivity contribution >= 4 is 17.3 Å². The summed E-state index contributed by atoms with van der Waals surface area (Å²) in [6.45, 7) is 6.40. The van der Waals surface area contributed by atoms with E-state index in [0.29, 0.717) is 17.4 Å². The maximum atomic E-state index is 5.90. The van der Waals surface area contributed by atoms with Crippen molar-refractivity contribution in [1.82, 2.24) is 0 Å². The largest absolute Gasteiger partial charge is 0.484 e. The molecule has 4 atom stereocenters. The van der Waals surface area contributed by atoms with Gasteiger partial charge in [0.1, 0.15) is 6.10 Å². The lowest BCUT2D eigenvalue weighted by Gasteiger charge is -2.47. The highest BCUT2D eigenvalue weighted by atomic mass is 32.1. The van der Waals surface area contributed by atoms with Gasteiger partial charge < -0.3 is 4.74 Å². The molecule has 0 spiro atoms. The summed E-state index contributed by atoms with van der Waals surface area (Å²) in [6.07, 6.45) is 6.58. The molecule has 2 saturated heterocycles. The lowest BCUT2D eigenvalue weighted by atomic mass is 9.57. The van der Waals surface area contributed by atoms with Gasteiger partial charge in [0.15, 0.2) is 5.05 Å². The Morgan fingerprint density at radius 2 is 2.20 bits per heavy atom. The van der Waals surface area contributed by atoms with E-state index in [1.165, 1.54) is 31.3 Å². The van der Waals surface area contributed by atoms with Gasteiger partial charge in [-0.2, -0.15) is 0 Å². The van der Waals surface area contributed by atoms with Crippen molar-refractivity contribution in [3.8, 4) is 0 Å². The molecule has 2 saturated carbocycles. The van der Waals surface area contributed by atoms with Gasteiger partial charge >= 0.3 is 0 Å². The third-order valence-corrected chi connectivity index (χ3v) is 5.10. The van der Waals surface area contributed by atoms with Gasteiger partial charge in [-0.15, -0.1) is 0 Å². The maximum Gasteiger partial charge on any atom is 0.163 e. The normalized spacial score (nSPS) is 47.5. The first kappa shape index (κ1) is 9.83. The quantitative estimate of drug-likeness (QED) is 0.496. The Balaban J connectivity index is 2.02. The molecule has 4 bridgehead atoms. The Morgan fingerprint density at radius 3 is 2.93 bits per heavy atom. The second-order valence-corrected chi connectivity index (χ2v) is 6.17. The second-order valence-electron chi connectivity index (χ2n) is 5.77. The molecule has 0 amide bonds. The molecule has 0 aromatic rings. The standard InChI is InChI=1S/C13H18OS/c1-8(2)13-5-9-3-10(6-13)12(15)14-11(4-9)7-13/h9-11H,1,3-7H2,2H3. The van der Waals surface area contributed by atoms with Crippen LogP contribution < -0.4 is 0 Å². The summed E-state index contributed by atoms with van der Waals surface area (Å²) in [5, 5.41) is 0.894. The van der Waals surface area contributed by atoms with Crippen LogP contribution in [0.5, 0.6) is 0 Å². The summed E-state index contributed by atoms with van der Waals surface area (Å²) in [7, 11) is 0. The fraction of sp³-hybridized carbons (Fsp3) is 0.769. The van der Waals surface area contributed by atoms with Gasteiger partial charge in [0, 0.05) is 5.92 Å². The van der Waals surface area contributed by atoms with Crippen LogP contribution in [0.4, 0.5) is 0 Å². The molecule has 2 aliphatic heterocycles. The molecule has 2 aliphatic carbocycles. The van der Waals surface area contributed by atoms with E-state index in [1.54, 1.807) is 0 Å². The van der Waals surface area contributed by atoms with E-state index in [-0.39, 0.29) is 0 Å². The maximum absolute atomic E-state index is 5.90. The van der Waals surface area contributed by atoms with Crippen LogP contribution in [0.3, 0.4) is 0 Å². The summed E-state index contributed by atoms with van der Waals surface area (Å²) in [6, 6.07) is 0. The Labute approximate surface area is 96.9 Å². The van der Waals surface area contributed by atoms with E-state index in [0.717, 1.165) is 17.4 Å². The lowest BCUT2D eigenvalue weighted by molar-refractivity contribution is 0.0382. The molecule has 0 N–H and O–H groups in total. The summed E-state index contributed by atoms with van der Waals surface area (Å²) in [4.78, 5) is 0. The van der Waals surface area contributed by atoms with Crippen LogP contribution in [0, 0.1) is 17.3 Å². The highest BCUT2D eigenvalue weighted by molar-refractivity contribution is 7.80. The minimum Gasteiger partial charge on any atom is -0.484 e. The SMILES string of the molecule is C=C(C)C12CC3CC(C1)OC(=S)C(C3)C2. The molecule has 0 radical (unpaired) electrons. The van der Waals surface area contributed by atoms with E-state index in [9.17, 15) is 0 Å². The highest BCUT2D eigenvalue weighted by Gasteiger charge is 2.51. The van der Waals surface area contributed by atoms with Crippen molar-refractivity contribution < 1.29 is 4.74 Å². The summed E-state index contributed by atoms with van der Waals surface area (Å²) in [5.41, 5.74) is 1.71. The fourth-order valence-corrected chi connectivity index (χ4v) is 4.28. The van der Waals surface area contributed by atoms with Gasteiger partial charge in [0.2, 0.25) is 0 Å². The number of thiocarbonyl (C=S) groups is 1. The summed E-state index contributed by atoms with van der Waals surface area (Å²) in [5.74, 6) is 1.36. The Morgan fingerprint density at radius 1 is 1.40 bits per heavy atom. The third kappa shape index (κ3) is 1.37. The van der Waals surface area contributed by atoms with Gasteiger partial charge in [-0.1, -0.05) is 12.2 Å². The van der Waals surface area contributed by atoms with Crippen molar-refractivity contribution in [3.63, 3.8) is 0 Å². The minimum atomic E-state index is 0.358. The van der Waals surface area contributed by atoms with Crippen LogP contribution in [0.25, 0.3) is 0 Å². The van der Waals surface area contributed by atoms with Crippen LogP contribution in [-0.4, -0.2) is 11.2 Å². The van der Waals surface area contributed by atoms with Crippen LogP contribution in [0.2, 0.25) is 0 Å². The number of ether oxygens (including phenoxy) is 1. The first-order valence-electron chi connectivity index (χ1n) is 5.95. The molecule has 2 heterocycles. The lowest BCUT2D eigenvalue weighted by Crippen LogP contribution is -2.40. The van der Waals surface area contributed by atoms with Crippen molar-refractivity contribution in [2.24, 2.45) is 17.3 Å². The van der Waals surface area contributed by atoms with Gasteiger partial charge in [-0.3, -0.25) is 0 Å². The average molecular weight is 222 g/mol. The second kappa shape index (κ2) is 3.07. The van der Waals surface area contributed by atoms with E-state index in [2.05, 4.69) is 13.5 Å². The van der Waals surface area contributed by atoms with Gasteiger partial charge in [-0.25, -0.2) is 0 Å². The molecule has 0 aromatic heterocycles. The Hall–Kier alpha value is -0.370. The zero-order chi connectivity index (χ0) is 10.6. The zero-order valence-corrected chi connectivity index (χ0v) is 10.1. The van der Waals surface area contributed by atoms with E-state index < -0.39 is 0 Å². The number of hydrogen-bond acceptors (Lipinski definition) is 2. The third-order valence-electron chi connectivity index (χ3n) is 4.67. The topological polar surface area (TPSA) is 9.23 Å². The molecule has 1 nitrogen and oxygen atoms in total. The molecule has 4 aliphatic rings. The minimum absolute atomic E-state index is 0.358. The number of hydrogen-bond donors (Lipinski definition) is 0. The Bertz CT molecular complexity index is 335. The molecular formula is C13H18OS. The number of allylic oxidation sites excluding steroid dienone is 1. The van der Waals surface area contributed by atoms with Crippen LogP contribution in [0.15, 0.2) is 12.2 Å². The van der Waals surface area contributed by atoms with Crippen LogP contribution >= 0.6 is 12.2 Å². The number of fused-ring (bicyclic) bond motifs is 1. The van der Waals surface area contributed by atoms with Crippen LogP contribution in [0.1, 0.15) is 39.0 Å². The monoisotopic (exact) mass is 222 g/mol. The molecule has 2 heteroatoms.